The third kappa shape index (κ3) is 2.73. The smallest absolute Gasteiger partial charge is 0.253 e. The second-order valence-corrected chi connectivity index (χ2v) is 3.12. The van der Waals surface area contributed by atoms with E-state index < -0.39 is 0 Å². The molecular weight excluding hydrogens is 174 g/mol. The van der Waals surface area contributed by atoms with Gasteiger partial charge in [0.2, 0.25) is 0 Å². The van der Waals surface area contributed by atoms with Crippen molar-refractivity contribution in [3.8, 4) is 0 Å². The van der Waals surface area contributed by atoms with E-state index in [1.54, 1.807) is 11.9 Å². The minimum absolute atomic E-state index is 0.0590. The van der Waals surface area contributed by atoms with Gasteiger partial charge in [0.15, 0.2) is 0 Å². The molecule has 1 aromatic carbocycles. The average Bonchev–Trinajstić information content (AvgIpc) is 2.26. The van der Waals surface area contributed by atoms with Crippen LogP contribution in [0.3, 0.4) is 0 Å². The Hall–Kier alpha value is -1.57. The number of amides is 1. The van der Waals surface area contributed by atoms with E-state index in [0.29, 0.717) is 6.54 Å². The van der Waals surface area contributed by atoms with E-state index in [-0.39, 0.29) is 5.91 Å². The molecule has 0 N–H and O–H groups in total. The molecule has 0 saturated carbocycles. The molecular formula is C12H15NO. The number of hydrogen-bond acceptors (Lipinski definition) is 1. The number of carbonyl (C=O) groups excluding carboxylic acids is 1. The third-order valence-corrected chi connectivity index (χ3v) is 1.98. The van der Waals surface area contributed by atoms with Crippen molar-refractivity contribution in [2.24, 2.45) is 0 Å². The predicted molar refractivity (Wildman–Crippen MR) is 58.2 cm³/mol. The van der Waals surface area contributed by atoms with E-state index in [0.717, 1.165) is 5.56 Å². The second kappa shape index (κ2) is 5.22. The lowest BCUT2D eigenvalue weighted by atomic mass is 10.2. The third-order valence-electron chi connectivity index (χ3n) is 1.98. The molecule has 0 saturated heterocycles. The molecule has 0 aliphatic carbocycles. The lowest BCUT2D eigenvalue weighted by Gasteiger charge is -2.14. The monoisotopic (exact) mass is 189 g/mol. The molecule has 1 aromatic rings. The van der Waals surface area contributed by atoms with E-state index in [9.17, 15) is 4.79 Å². The largest absolute Gasteiger partial charge is 0.338 e. The van der Waals surface area contributed by atoms with Crippen molar-refractivity contribution in [3.63, 3.8) is 0 Å². The van der Waals surface area contributed by atoms with Crippen LogP contribution in [0.15, 0.2) is 42.5 Å². The summed E-state index contributed by atoms with van der Waals surface area (Å²) in [6.07, 6.45) is 3.90. The molecule has 0 heterocycles. The van der Waals surface area contributed by atoms with Gasteiger partial charge in [-0.15, -0.1) is 0 Å². The Kier molecular flexibility index (Phi) is 3.92. The van der Waals surface area contributed by atoms with Crippen molar-refractivity contribution in [1.29, 1.82) is 0 Å². The Morgan fingerprint density at radius 3 is 2.57 bits per heavy atom. The van der Waals surface area contributed by atoms with Gasteiger partial charge in [0.05, 0.1) is 0 Å². The Labute approximate surface area is 84.9 Å². The maximum Gasteiger partial charge on any atom is 0.253 e. The van der Waals surface area contributed by atoms with E-state index in [2.05, 4.69) is 0 Å². The molecule has 74 valence electrons. The molecule has 2 nitrogen and oxygen atoms in total. The molecule has 0 fully saturated rings. The van der Waals surface area contributed by atoms with Crippen LogP contribution in [0.2, 0.25) is 0 Å². The van der Waals surface area contributed by atoms with Crippen LogP contribution in [-0.4, -0.2) is 24.4 Å². The predicted octanol–water partition coefficient (Wildman–Crippen LogP) is 2.33. The number of benzene rings is 1. The van der Waals surface area contributed by atoms with Gasteiger partial charge in [-0.25, -0.2) is 0 Å². The van der Waals surface area contributed by atoms with Crippen LogP contribution in [0, 0.1) is 0 Å². The molecule has 0 spiro atoms. The number of carbonyl (C=O) groups is 1. The summed E-state index contributed by atoms with van der Waals surface area (Å²) in [5.41, 5.74) is 0.736. The van der Waals surface area contributed by atoms with E-state index >= 15 is 0 Å². The van der Waals surface area contributed by atoms with Gasteiger partial charge in [-0.2, -0.15) is 0 Å². The number of allylic oxidation sites excluding steroid dienone is 1. The fraction of sp³-hybridized carbons (Fsp3) is 0.250. The van der Waals surface area contributed by atoms with Gasteiger partial charge in [0.25, 0.3) is 5.91 Å². The molecule has 2 heteroatoms. The first-order valence-corrected chi connectivity index (χ1v) is 4.67. The molecule has 0 bridgehead atoms. The number of nitrogens with zero attached hydrogens (tertiary/aromatic N) is 1. The van der Waals surface area contributed by atoms with Gasteiger partial charge in [-0.05, 0) is 19.1 Å². The Balaban J connectivity index is 2.66. The van der Waals surface area contributed by atoms with Crippen LogP contribution in [0.5, 0.6) is 0 Å². The van der Waals surface area contributed by atoms with E-state index in [4.69, 9.17) is 0 Å². The van der Waals surface area contributed by atoms with Crippen LogP contribution in [0.25, 0.3) is 0 Å². The molecule has 14 heavy (non-hydrogen) atoms. The highest BCUT2D eigenvalue weighted by molar-refractivity contribution is 5.94. The maximum atomic E-state index is 11.7. The Morgan fingerprint density at radius 1 is 1.36 bits per heavy atom. The summed E-state index contributed by atoms with van der Waals surface area (Å²) in [5, 5.41) is 0. The summed E-state index contributed by atoms with van der Waals surface area (Å²) in [5.74, 6) is 0.0590. The van der Waals surface area contributed by atoms with Crippen molar-refractivity contribution in [3.05, 3.63) is 48.0 Å². The summed E-state index contributed by atoms with van der Waals surface area (Å²) in [6, 6.07) is 9.30. The summed E-state index contributed by atoms with van der Waals surface area (Å²) in [7, 11) is 1.80. The van der Waals surface area contributed by atoms with Crippen LogP contribution in [0.4, 0.5) is 0 Å². The first-order valence-electron chi connectivity index (χ1n) is 4.67. The standard InChI is InChI=1S/C12H15NO/c1-3-4-10-13(2)12(14)11-8-6-5-7-9-11/h3-9H,10H2,1-2H3/b4-3+. The first-order chi connectivity index (χ1) is 6.75. The summed E-state index contributed by atoms with van der Waals surface area (Å²) in [4.78, 5) is 13.4. The summed E-state index contributed by atoms with van der Waals surface area (Å²) < 4.78 is 0. The average molecular weight is 189 g/mol. The minimum atomic E-state index is 0.0590. The first kappa shape index (κ1) is 10.5. The molecule has 0 aliphatic rings. The van der Waals surface area contributed by atoms with Gasteiger partial charge in [-0.3, -0.25) is 4.79 Å². The molecule has 0 atom stereocenters. The summed E-state index contributed by atoms with van der Waals surface area (Å²) >= 11 is 0. The fourth-order valence-corrected chi connectivity index (χ4v) is 1.15. The molecule has 0 aliphatic heterocycles. The highest BCUT2D eigenvalue weighted by atomic mass is 16.2. The van der Waals surface area contributed by atoms with Crippen LogP contribution in [0.1, 0.15) is 17.3 Å². The molecule has 1 rings (SSSR count). The zero-order valence-corrected chi connectivity index (χ0v) is 8.60. The van der Waals surface area contributed by atoms with Gasteiger partial charge >= 0.3 is 0 Å². The normalized spacial score (nSPS) is 10.4. The van der Waals surface area contributed by atoms with Crippen LogP contribution < -0.4 is 0 Å². The number of rotatable bonds is 3. The minimum Gasteiger partial charge on any atom is -0.338 e. The van der Waals surface area contributed by atoms with Gasteiger partial charge in [-0.1, -0.05) is 30.4 Å². The second-order valence-electron chi connectivity index (χ2n) is 3.12. The molecule has 0 unspecified atom stereocenters. The van der Waals surface area contributed by atoms with E-state index in [1.165, 1.54) is 0 Å². The molecule has 1 amide bonds. The van der Waals surface area contributed by atoms with Crippen molar-refractivity contribution in [1.82, 2.24) is 4.90 Å². The SMILES string of the molecule is C/C=C/CN(C)C(=O)c1ccccc1. The number of likely N-dealkylation sites (N-methyl/N-ethyl adjacent to an activating group) is 1. The maximum absolute atomic E-state index is 11.7. The zero-order chi connectivity index (χ0) is 10.4. The van der Waals surface area contributed by atoms with E-state index in [1.807, 2.05) is 49.4 Å². The Bertz CT molecular complexity index is 316. The lowest BCUT2D eigenvalue weighted by molar-refractivity contribution is 0.0810. The Morgan fingerprint density at radius 2 is 2.00 bits per heavy atom. The zero-order valence-electron chi connectivity index (χ0n) is 8.60. The topological polar surface area (TPSA) is 20.3 Å². The number of hydrogen-bond donors (Lipinski definition) is 0. The van der Waals surface area contributed by atoms with Crippen LogP contribution in [-0.2, 0) is 0 Å². The van der Waals surface area contributed by atoms with Gasteiger partial charge < -0.3 is 4.90 Å². The highest BCUT2D eigenvalue weighted by Crippen LogP contribution is 2.02. The van der Waals surface area contributed by atoms with Crippen molar-refractivity contribution < 1.29 is 4.79 Å². The quantitative estimate of drug-likeness (QED) is 0.668. The highest BCUT2D eigenvalue weighted by Gasteiger charge is 2.08. The van der Waals surface area contributed by atoms with Crippen molar-refractivity contribution in [2.45, 2.75) is 6.92 Å². The molecule has 0 radical (unpaired) electrons. The summed E-state index contributed by atoms with van der Waals surface area (Å²) in [6.45, 7) is 2.60. The molecule has 0 aromatic heterocycles. The van der Waals surface area contributed by atoms with Crippen molar-refractivity contribution in [2.75, 3.05) is 13.6 Å². The van der Waals surface area contributed by atoms with Crippen molar-refractivity contribution >= 4 is 5.91 Å². The van der Waals surface area contributed by atoms with Gasteiger partial charge in [0.1, 0.15) is 0 Å². The lowest BCUT2D eigenvalue weighted by Crippen LogP contribution is -2.26. The van der Waals surface area contributed by atoms with Crippen LogP contribution >= 0.6 is 0 Å². The van der Waals surface area contributed by atoms with Gasteiger partial charge in [0, 0.05) is 19.2 Å². The fourth-order valence-electron chi connectivity index (χ4n) is 1.15.